The number of benzene rings is 1. The number of ether oxygens (including phenoxy) is 2. The van der Waals surface area contributed by atoms with E-state index >= 15 is 0 Å². The number of hydrogen-bond donors (Lipinski definition) is 2. The number of aryl methyl sites for hydroxylation is 1. The fourth-order valence-corrected chi connectivity index (χ4v) is 1.76. The van der Waals surface area contributed by atoms with E-state index in [4.69, 9.17) is 15.2 Å². The molecule has 0 saturated carbocycles. The van der Waals surface area contributed by atoms with E-state index in [9.17, 15) is 0 Å². The van der Waals surface area contributed by atoms with Gasteiger partial charge in [0.05, 0.1) is 14.2 Å². The van der Waals surface area contributed by atoms with Crippen molar-refractivity contribution in [2.24, 2.45) is 5.73 Å². The van der Waals surface area contributed by atoms with E-state index in [2.05, 4.69) is 5.32 Å². The van der Waals surface area contributed by atoms with Gasteiger partial charge in [0.1, 0.15) is 11.5 Å². The summed E-state index contributed by atoms with van der Waals surface area (Å²) in [6, 6.07) is 4.05. The van der Waals surface area contributed by atoms with Crippen molar-refractivity contribution in [3.63, 3.8) is 0 Å². The molecule has 0 saturated heterocycles. The molecule has 0 amide bonds. The number of hydrogen-bond acceptors (Lipinski definition) is 4. The van der Waals surface area contributed by atoms with Crippen molar-refractivity contribution in [2.75, 3.05) is 33.9 Å². The maximum atomic E-state index is 5.42. The first kappa shape index (κ1) is 13.8. The average Bonchev–Trinajstić information content (AvgIpc) is 2.35. The third kappa shape index (κ3) is 3.91. The topological polar surface area (TPSA) is 56.5 Å². The first-order chi connectivity index (χ1) is 8.22. The van der Waals surface area contributed by atoms with E-state index in [1.54, 1.807) is 14.2 Å². The van der Waals surface area contributed by atoms with E-state index in [1.165, 1.54) is 0 Å². The monoisotopic (exact) mass is 238 g/mol. The number of nitrogens with one attached hydrogen (secondary N) is 1. The summed E-state index contributed by atoms with van der Waals surface area (Å²) in [5, 5.41) is 3.27. The Hall–Kier alpha value is -1.26. The minimum Gasteiger partial charge on any atom is -0.496 e. The molecule has 0 fully saturated rings. The van der Waals surface area contributed by atoms with Crippen molar-refractivity contribution in [2.45, 2.75) is 13.3 Å². The summed E-state index contributed by atoms with van der Waals surface area (Å²) in [6.07, 6.45) is 0.903. The van der Waals surface area contributed by atoms with Crippen LogP contribution in [-0.2, 0) is 6.42 Å². The summed E-state index contributed by atoms with van der Waals surface area (Å²) in [6.45, 7) is 4.40. The zero-order chi connectivity index (χ0) is 12.7. The van der Waals surface area contributed by atoms with Crippen molar-refractivity contribution in [3.8, 4) is 11.5 Å². The molecule has 4 heteroatoms. The van der Waals surface area contributed by atoms with Crippen LogP contribution in [0.3, 0.4) is 0 Å². The molecule has 0 aromatic heterocycles. The number of rotatable bonds is 7. The van der Waals surface area contributed by atoms with Gasteiger partial charge in [-0.25, -0.2) is 0 Å². The zero-order valence-corrected chi connectivity index (χ0v) is 10.9. The quantitative estimate of drug-likeness (QED) is 0.699. The summed E-state index contributed by atoms with van der Waals surface area (Å²) < 4.78 is 10.7. The Morgan fingerprint density at radius 2 is 1.82 bits per heavy atom. The molecule has 1 aromatic rings. The molecule has 17 heavy (non-hydrogen) atoms. The highest BCUT2D eigenvalue weighted by Gasteiger charge is 2.08. The molecule has 0 unspecified atom stereocenters. The molecule has 0 aliphatic rings. The van der Waals surface area contributed by atoms with Gasteiger partial charge in [0.2, 0.25) is 0 Å². The highest BCUT2D eigenvalue weighted by atomic mass is 16.5. The molecule has 0 aliphatic heterocycles. The van der Waals surface area contributed by atoms with Gasteiger partial charge in [-0.1, -0.05) is 0 Å². The van der Waals surface area contributed by atoms with E-state index in [1.807, 2.05) is 19.1 Å². The Labute approximate surface area is 103 Å². The smallest absolute Gasteiger partial charge is 0.122 e. The Morgan fingerprint density at radius 3 is 2.41 bits per heavy atom. The van der Waals surface area contributed by atoms with E-state index < -0.39 is 0 Å². The fourth-order valence-electron chi connectivity index (χ4n) is 1.76. The van der Waals surface area contributed by atoms with E-state index in [-0.39, 0.29) is 0 Å². The highest BCUT2D eigenvalue weighted by molar-refractivity contribution is 5.46. The second-order valence-corrected chi connectivity index (χ2v) is 3.92. The molecule has 0 radical (unpaired) electrons. The molecular weight excluding hydrogens is 216 g/mol. The maximum absolute atomic E-state index is 5.42. The first-order valence-electron chi connectivity index (χ1n) is 5.85. The van der Waals surface area contributed by atoms with Crippen LogP contribution in [0.1, 0.15) is 11.1 Å². The van der Waals surface area contributed by atoms with Crippen molar-refractivity contribution < 1.29 is 9.47 Å². The molecule has 0 heterocycles. The standard InChI is InChI=1S/C13H22N2O2/c1-10-8-13(17-3)11(9-12(10)16-2)4-6-15-7-5-14/h8-9,15H,4-7,14H2,1-3H3. The van der Waals surface area contributed by atoms with Gasteiger partial charge >= 0.3 is 0 Å². The molecule has 96 valence electrons. The lowest BCUT2D eigenvalue weighted by atomic mass is 10.1. The average molecular weight is 238 g/mol. The lowest BCUT2D eigenvalue weighted by molar-refractivity contribution is 0.396. The third-order valence-electron chi connectivity index (χ3n) is 2.69. The number of nitrogens with two attached hydrogens (primary N) is 1. The van der Waals surface area contributed by atoms with Crippen LogP contribution in [0.4, 0.5) is 0 Å². The van der Waals surface area contributed by atoms with Gasteiger partial charge in [0, 0.05) is 13.1 Å². The predicted octanol–water partition coefficient (Wildman–Crippen LogP) is 1.10. The molecule has 0 atom stereocenters. The minimum absolute atomic E-state index is 0.661. The Kier molecular flexibility index (Phi) is 5.80. The van der Waals surface area contributed by atoms with Gasteiger partial charge in [0.25, 0.3) is 0 Å². The minimum atomic E-state index is 0.661. The first-order valence-corrected chi connectivity index (χ1v) is 5.85. The molecule has 0 bridgehead atoms. The van der Waals surface area contributed by atoms with E-state index in [0.717, 1.165) is 42.1 Å². The van der Waals surface area contributed by atoms with Gasteiger partial charge in [-0.05, 0) is 43.1 Å². The molecular formula is C13H22N2O2. The molecule has 3 N–H and O–H groups in total. The van der Waals surface area contributed by atoms with Crippen LogP contribution in [-0.4, -0.2) is 33.9 Å². The summed E-state index contributed by atoms with van der Waals surface area (Å²) in [7, 11) is 3.38. The highest BCUT2D eigenvalue weighted by Crippen LogP contribution is 2.28. The Bertz CT molecular complexity index is 354. The van der Waals surface area contributed by atoms with Gasteiger partial charge < -0.3 is 20.5 Å². The third-order valence-corrected chi connectivity index (χ3v) is 2.69. The second-order valence-electron chi connectivity index (χ2n) is 3.92. The van der Waals surface area contributed by atoms with Crippen molar-refractivity contribution in [1.29, 1.82) is 0 Å². The lowest BCUT2D eigenvalue weighted by Crippen LogP contribution is -2.24. The van der Waals surface area contributed by atoms with Crippen LogP contribution < -0.4 is 20.5 Å². The SMILES string of the molecule is COc1cc(CCNCCN)c(OC)cc1C. The van der Waals surface area contributed by atoms with Crippen LogP contribution in [0, 0.1) is 6.92 Å². The number of methoxy groups -OCH3 is 2. The van der Waals surface area contributed by atoms with Crippen LogP contribution in [0.25, 0.3) is 0 Å². The molecule has 1 aromatic carbocycles. The van der Waals surface area contributed by atoms with Crippen LogP contribution >= 0.6 is 0 Å². The lowest BCUT2D eigenvalue weighted by Gasteiger charge is -2.13. The van der Waals surface area contributed by atoms with Crippen LogP contribution in [0.15, 0.2) is 12.1 Å². The fraction of sp³-hybridized carbons (Fsp3) is 0.538. The Balaban J connectivity index is 2.74. The summed E-state index contributed by atoms with van der Waals surface area (Å²) in [4.78, 5) is 0. The maximum Gasteiger partial charge on any atom is 0.122 e. The summed E-state index contributed by atoms with van der Waals surface area (Å²) >= 11 is 0. The zero-order valence-electron chi connectivity index (χ0n) is 10.9. The van der Waals surface area contributed by atoms with E-state index in [0.29, 0.717) is 6.54 Å². The van der Waals surface area contributed by atoms with Gasteiger partial charge in [-0.3, -0.25) is 0 Å². The van der Waals surface area contributed by atoms with Crippen molar-refractivity contribution in [3.05, 3.63) is 23.3 Å². The summed E-state index contributed by atoms with van der Waals surface area (Å²) in [5.41, 5.74) is 7.66. The second kappa shape index (κ2) is 7.14. The summed E-state index contributed by atoms with van der Waals surface area (Å²) in [5.74, 6) is 1.82. The molecule has 0 spiro atoms. The van der Waals surface area contributed by atoms with Crippen LogP contribution in [0.5, 0.6) is 11.5 Å². The van der Waals surface area contributed by atoms with Crippen molar-refractivity contribution in [1.82, 2.24) is 5.32 Å². The van der Waals surface area contributed by atoms with Crippen LogP contribution in [0.2, 0.25) is 0 Å². The predicted molar refractivity (Wildman–Crippen MR) is 69.9 cm³/mol. The van der Waals surface area contributed by atoms with Gasteiger partial charge in [-0.2, -0.15) is 0 Å². The molecule has 0 aliphatic carbocycles. The van der Waals surface area contributed by atoms with Gasteiger partial charge in [-0.15, -0.1) is 0 Å². The Morgan fingerprint density at radius 1 is 1.12 bits per heavy atom. The van der Waals surface area contributed by atoms with Crippen molar-refractivity contribution >= 4 is 0 Å². The normalized spacial score (nSPS) is 10.4. The largest absolute Gasteiger partial charge is 0.496 e. The molecule has 1 rings (SSSR count). The van der Waals surface area contributed by atoms with Gasteiger partial charge in [0.15, 0.2) is 0 Å². The molecule has 4 nitrogen and oxygen atoms in total.